The Labute approximate surface area is 178 Å². The van der Waals surface area contributed by atoms with Crippen LogP contribution in [0.15, 0.2) is 66.3 Å². The molecule has 0 atom stereocenters. The van der Waals surface area contributed by atoms with E-state index in [0.29, 0.717) is 5.82 Å². The molecule has 0 bridgehead atoms. The molecule has 4 aromatic heterocycles. The van der Waals surface area contributed by atoms with Gasteiger partial charge in [0, 0.05) is 24.6 Å². The van der Waals surface area contributed by atoms with Crippen LogP contribution in [-0.4, -0.2) is 35.3 Å². The molecule has 154 valence electrons. The maximum atomic E-state index is 5.40. The molecule has 8 nitrogen and oxygen atoms in total. The van der Waals surface area contributed by atoms with E-state index < -0.39 is 0 Å². The van der Waals surface area contributed by atoms with Gasteiger partial charge in [-0.3, -0.25) is 4.98 Å². The molecule has 0 radical (unpaired) electrons. The molecule has 0 saturated carbocycles. The fourth-order valence-electron chi connectivity index (χ4n) is 3.63. The molecule has 31 heavy (non-hydrogen) atoms. The second kappa shape index (κ2) is 7.98. The van der Waals surface area contributed by atoms with Gasteiger partial charge in [-0.05, 0) is 42.7 Å². The van der Waals surface area contributed by atoms with Crippen molar-refractivity contribution in [3.05, 3.63) is 89.4 Å². The highest BCUT2D eigenvalue weighted by Crippen LogP contribution is 2.27. The molecule has 8 heteroatoms. The van der Waals surface area contributed by atoms with E-state index in [1.54, 1.807) is 29.5 Å². The quantitative estimate of drug-likeness (QED) is 0.314. The van der Waals surface area contributed by atoms with Crippen molar-refractivity contribution in [2.45, 2.75) is 27.0 Å². The fourth-order valence-corrected chi connectivity index (χ4v) is 3.63. The molecule has 1 aromatic carbocycles. The summed E-state index contributed by atoms with van der Waals surface area (Å²) in [7, 11) is 0. The van der Waals surface area contributed by atoms with Crippen LogP contribution in [0.2, 0.25) is 0 Å². The maximum absolute atomic E-state index is 5.40. The Morgan fingerprint density at radius 2 is 1.84 bits per heavy atom. The zero-order valence-electron chi connectivity index (χ0n) is 17.3. The first-order valence-corrected chi connectivity index (χ1v) is 9.99. The van der Waals surface area contributed by atoms with Crippen LogP contribution < -0.4 is 0 Å². The molecule has 0 saturated heterocycles. The third-order valence-electron chi connectivity index (χ3n) is 5.35. The first-order valence-electron chi connectivity index (χ1n) is 9.99. The van der Waals surface area contributed by atoms with Crippen molar-refractivity contribution in [2.75, 3.05) is 0 Å². The summed E-state index contributed by atoms with van der Waals surface area (Å²) in [6, 6.07) is 13.8. The van der Waals surface area contributed by atoms with E-state index in [0.717, 1.165) is 40.0 Å². The summed E-state index contributed by atoms with van der Waals surface area (Å²) in [5.41, 5.74) is 6.09. The van der Waals surface area contributed by atoms with Gasteiger partial charge in [0.1, 0.15) is 12.0 Å². The summed E-state index contributed by atoms with van der Waals surface area (Å²) in [6.07, 6.45) is 6.98. The Balaban J connectivity index is 1.44. The second-order valence-electron chi connectivity index (χ2n) is 7.31. The van der Waals surface area contributed by atoms with Crippen LogP contribution in [0.25, 0.3) is 16.7 Å². The minimum absolute atomic E-state index is 0.183. The second-order valence-corrected chi connectivity index (χ2v) is 7.31. The monoisotopic (exact) mass is 411 g/mol. The van der Waals surface area contributed by atoms with Gasteiger partial charge in [0.15, 0.2) is 18.1 Å². The molecule has 0 aliphatic carbocycles. The van der Waals surface area contributed by atoms with Crippen LogP contribution >= 0.6 is 0 Å². The molecule has 0 fully saturated rings. The third kappa shape index (κ3) is 3.63. The van der Waals surface area contributed by atoms with Crippen molar-refractivity contribution in [3.63, 3.8) is 0 Å². The van der Waals surface area contributed by atoms with Crippen LogP contribution in [0, 0.1) is 13.8 Å². The Bertz CT molecular complexity index is 1370. The van der Waals surface area contributed by atoms with Crippen molar-refractivity contribution in [1.29, 1.82) is 0 Å². The Hall–Kier alpha value is -4.07. The zero-order valence-corrected chi connectivity index (χ0v) is 17.3. The number of fused-ring (bicyclic) bond motifs is 3. The predicted molar refractivity (Wildman–Crippen MR) is 118 cm³/mol. The number of aromatic nitrogens is 6. The number of hydrogen-bond donors (Lipinski definition) is 0. The van der Waals surface area contributed by atoms with Gasteiger partial charge < -0.3 is 9.40 Å². The first-order chi connectivity index (χ1) is 15.2. The van der Waals surface area contributed by atoms with E-state index in [-0.39, 0.29) is 6.61 Å². The molecule has 0 N–H and O–H groups in total. The van der Waals surface area contributed by atoms with Crippen LogP contribution in [0.4, 0.5) is 0 Å². The molecule has 0 unspecified atom stereocenters. The number of nitrogens with zero attached hydrogens (tertiary/aromatic N) is 7. The van der Waals surface area contributed by atoms with Gasteiger partial charge in [0.05, 0.1) is 11.6 Å². The number of aryl methyl sites for hydroxylation is 1. The lowest BCUT2D eigenvalue weighted by Gasteiger charge is -2.07. The molecule has 0 aliphatic rings. The first kappa shape index (κ1) is 18.9. The van der Waals surface area contributed by atoms with Crippen molar-refractivity contribution >= 4 is 22.9 Å². The average Bonchev–Trinajstić information content (AvgIpc) is 3.32. The van der Waals surface area contributed by atoms with E-state index in [1.165, 1.54) is 5.56 Å². The van der Waals surface area contributed by atoms with E-state index in [1.807, 2.05) is 42.5 Å². The average molecular weight is 411 g/mol. The molecule has 5 rings (SSSR count). The zero-order chi connectivity index (χ0) is 21.2. The normalized spacial score (nSPS) is 11.7. The van der Waals surface area contributed by atoms with Gasteiger partial charge >= 0.3 is 0 Å². The summed E-state index contributed by atoms with van der Waals surface area (Å²) in [6.45, 7) is 5.10. The highest BCUT2D eigenvalue weighted by Gasteiger charge is 2.18. The Kier molecular flexibility index (Phi) is 4.87. The van der Waals surface area contributed by atoms with Crippen LogP contribution in [0.5, 0.6) is 0 Å². The summed E-state index contributed by atoms with van der Waals surface area (Å²) >= 11 is 0. The number of benzene rings is 1. The van der Waals surface area contributed by atoms with E-state index in [4.69, 9.17) is 9.82 Å². The van der Waals surface area contributed by atoms with Gasteiger partial charge in [0.25, 0.3) is 0 Å². The van der Waals surface area contributed by atoms with Gasteiger partial charge in [0.2, 0.25) is 0 Å². The lowest BCUT2D eigenvalue weighted by molar-refractivity contribution is 0.126. The summed E-state index contributed by atoms with van der Waals surface area (Å²) in [4.78, 5) is 18.9. The minimum atomic E-state index is 0.183. The van der Waals surface area contributed by atoms with E-state index in [2.05, 4.69) is 38.6 Å². The lowest BCUT2D eigenvalue weighted by Crippen LogP contribution is -2.03. The number of rotatable bonds is 6. The molecular formula is C23H21N7O. The Morgan fingerprint density at radius 3 is 2.65 bits per heavy atom. The van der Waals surface area contributed by atoms with Gasteiger partial charge in [-0.15, -0.1) is 5.10 Å². The highest BCUT2D eigenvalue weighted by molar-refractivity contribution is 5.93. The van der Waals surface area contributed by atoms with Gasteiger partial charge in [-0.25, -0.2) is 14.5 Å². The summed E-state index contributed by atoms with van der Waals surface area (Å²) < 4.78 is 3.90. The SMILES string of the molecule is Cc1c(C)n(Cc2ccncc2)c2ncn3nc(CO/N=C/c4ccccc4)nc3c12. The van der Waals surface area contributed by atoms with E-state index >= 15 is 0 Å². The van der Waals surface area contributed by atoms with Crippen LogP contribution in [0.1, 0.15) is 28.2 Å². The maximum Gasteiger partial charge on any atom is 0.192 e. The lowest BCUT2D eigenvalue weighted by atomic mass is 10.2. The van der Waals surface area contributed by atoms with Crippen molar-refractivity contribution in [2.24, 2.45) is 5.16 Å². The molecular weight excluding hydrogens is 390 g/mol. The largest absolute Gasteiger partial charge is 0.387 e. The minimum Gasteiger partial charge on any atom is -0.387 e. The van der Waals surface area contributed by atoms with Gasteiger partial charge in [-0.2, -0.15) is 0 Å². The molecule has 0 spiro atoms. The number of hydrogen-bond acceptors (Lipinski definition) is 6. The van der Waals surface area contributed by atoms with Crippen LogP contribution in [-0.2, 0) is 18.0 Å². The van der Waals surface area contributed by atoms with Crippen molar-refractivity contribution in [1.82, 2.24) is 29.1 Å². The third-order valence-corrected chi connectivity index (χ3v) is 5.35. The number of pyridine rings is 1. The highest BCUT2D eigenvalue weighted by atomic mass is 16.6. The topological polar surface area (TPSA) is 82.5 Å². The number of oxime groups is 1. The fraction of sp³-hybridized carbons (Fsp3) is 0.174. The molecule has 4 heterocycles. The smallest absolute Gasteiger partial charge is 0.192 e. The van der Waals surface area contributed by atoms with Crippen molar-refractivity contribution in [3.8, 4) is 0 Å². The molecule has 5 aromatic rings. The molecule has 0 amide bonds. The summed E-state index contributed by atoms with van der Waals surface area (Å²) in [5, 5.41) is 9.51. The Morgan fingerprint density at radius 1 is 1.03 bits per heavy atom. The van der Waals surface area contributed by atoms with E-state index in [9.17, 15) is 0 Å². The van der Waals surface area contributed by atoms with Crippen LogP contribution in [0.3, 0.4) is 0 Å². The van der Waals surface area contributed by atoms with Crippen molar-refractivity contribution < 1.29 is 4.84 Å². The van der Waals surface area contributed by atoms with Gasteiger partial charge in [-0.1, -0.05) is 35.5 Å². The summed E-state index contributed by atoms with van der Waals surface area (Å²) in [5.74, 6) is 0.554. The molecule has 0 aliphatic heterocycles. The standard InChI is InChI=1S/C23H21N7O/c1-16-17(2)29(13-19-8-10-24-11-9-19)22-21(16)23-27-20(28-30(23)15-25-22)14-31-26-12-18-6-4-3-5-7-18/h3-12,15H,13-14H2,1-2H3/b26-12+. The predicted octanol–water partition coefficient (Wildman–Crippen LogP) is 3.69.